The molecule has 1 aliphatic heterocycles. The van der Waals surface area contributed by atoms with Crippen LogP contribution in [-0.2, 0) is 15.3 Å². The number of carbonyl (C=O) groups excluding carboxylic acids is 1. The molecular formula is C15H17Cl2NO3S. The number of aliphatic carboxylic acids is 1. The molecule has 0 spiro atoms. The number of halogens is 2. The highest BCUT2D eigenvalue weighted by Crippen LogP contribution is 2.31. The Bertz CT molecular complexity index is 596. The summed E-state index contributed by atoms with van der Waals surface area (Å²) < 4.78 is 0. The Balaban J connectivity index is 1.83. The van der Waals surface area contributed by atoms with Crippen molar-refractivity contribution in [1.29, 1.82) is 0 Å². The molecule has 1 amide bonds. The van der Waals surface area contributed by atoms with Crippen LogP contribution in [0.2, 0.25) is 10.0 Å². The van der Waals surface area contributed by atoms with E-state index in [9.17, 15) is 14.7 Å². The fraction of sp³-hybridized carbons (Fsp3) is 0.467. The maximum Gasteiger partial charge on any atom is 0.311 e. The van der Waals surface area contributed by atoms with Gasteiger partial charge in [-0.2, -0.15) is 0 Å². The van der Waals surface area contributed by atoms with Gasteiger partial charge in [0.15, 0.2) is 0 Å². The highest BCUT2D eigenvalue weighted by molar-refractivity contribution is 7.99. The van der Waals surface area contributed by atoms with Crippen molar-refractivity contribution in [2.45, 2.75) is 19.1 Å². The molecule has 1 saturated heterocycles. The van der Waals surface area contributed by atoms with Crippen molar-refractivity contribution in [1.82, 2.24) is 4.90 Å². The SMILES string of the molecule is CC1(C(=O)O)CCN(C(=O)CSCc2ccc(Cl)cc2Cl)C1. The summed E-state index contributed by atoms with van der Waals surface area (Å²) in [4.78, 5) is 25.0. The lowest BCUT2D eigenvalue weighted by Crippen LogP contribution is -2.35. The van der Waals surface area contributed by atoms with Gasteiger partial charge >= 0.3 is 5.97 Å². The zero-order valence-corrected chi connectivity index (χ0v) is 14.5. The van der Waals surface area contributed by atoms with Crippen LogP contribution >= 0.6 is 35.0 Å². The molecule has 1 aromatic rings. The molecule has 0 bridgehead atoms. The normalized spacial score (nSPS) is 21.1. The molecule has 1 N–H and O–H groups in total. The van der Waals surface area contributed by atoms with Gasteiger partial charge in [-0.25, -0.2) is 0 Å². The number of thioether (sulfide) groups is 1. The number of likely N-dealkylation sites (tertiary alicyclic amines) is 1. The molecule has 0 radical (unpaired) electrons. The van der Waals surface area contributed by atoms with Gasteiger partial charge in [-0.3, -0.25) is 9.59 Å². The van der Waals surface area contributed by atoms with Crippen molar-refractivity contribution < 1.29 is 14.7 Å². The van der Waals surface area contributed by atoms with Gasteiger partial charge < -0.3 is 10.0 Å². The monoisotopic (exact) mass is 361 g/mol. The molecule has 22 heavy (non-hydrogen) atoms. The molecule has 7 heteroatoms. The Hall–Kier alpha value is -0.910. The summed E-state index contributed by atoms with van der Waals surface area (Å²) in [6.07, 6.45) is 0.502. The highest BCUT2D eigenvalue weighted by atomic mass is 35.5. The van der Waals surface area contributed by atoms with Crippen LogP contribution in [0.4, 0.5) is 0 Å². The lowest BCUT2D eigenvalue weighted by Gasteiger charge is -2.20. The van der Waals surface area contributed by atoms with Crippen LogP contribution in [0.5, 0.6) is 0 Å². The highest BCUT2D eigenvalue weighted by Gasteiger charge is 2.41. The summed E-state index contributed by atoms with van der Waals surface area (Å²) in [6.45, 7) is 2.47. The third-order valence-corrected chi connectivity index (χ3v) is 5.39. The zero-order chi connectivity index (χ0) is 16.3. The van der Waals surface area contributed by atoms with E-state index in [0.29, 0.717) is 34.5 Å². The minimum Gasteiger partial charge on any atom is -0.481 e. The summed E-state index contributed by atoms with van der Waals surface area (Å²) in [6, 6.07) is 5.29. The minimum atomic E-state index is -0.844. The predicted molar refractivity (Wildman–Crippen MR) is 89.6 cm³/mol. The molecule has 0 saturated carbocycles. The van der Waals surface area contributed by atoms with Crippen LogP contribution < -0.4 is 0 Å². The first-order valence-corrected chi connectivity index (χ1v) is 8.76. The quantitative estimate of drug-likeness (QED) is 0.870. The molecule has 1 aliphatic rings. The van der Waals surface area contributed by atoms with Gasteiger partial charge in [-0.1, -0.05) is 29.3 Å². The van der Waals surface area contributed by atoms with Crippen molar-refractivity contribution in [2.24, 2.45) is 5.41 Å². The number of carboxylic acids is 1. The molecule has 1 heterocycles. The summed E-state index contributed by atoms with van der Waals surface area (Å²) in [7, 11) is 0. The van der Waals surface area contributed by atoms with E-state index in [1.165, 1.54) is 11.8 Å². The average Bonchev–Trinajstić information content (AvgIpc) is 2.85. The van der Waals surface area contributed by atoms with Gasteiger partial charge in [0, 0.05) is 28.9 Å². The first kappa shape index (κ1) is 17.4. The largest absolute Gasteiger partial charge is 0.481 e. The Morgan fingerprint density at radius 1 is 1.41 bits per heavy atom. The predicted octanol–water partition coefficient (Wildman–Crippen LogP) is 3.55. The van der Waals surface area contributed by atoms with Crippen LogP contribution in [-0.4, -0.2) is 40.7 Å². The molecule has 120 valence electrons. The second kappa shape index (κ2) is 7.11. The molecule has 0 aliphatic carbocycles. The Morgan fingerprint density at radius 3 is 2.73 bits per heavy atom. The van der Waals surface area contributed by atoms with E-state index in [1.807, 2.05) is 6.07 Å². The van der Waals surface area contributed by atoms with E-state index in [-0.39, 0.29) is 12.5 Å². The fourth-order valence-corrected chi connectivity index (χ4v) is 3.81. The number of nitrogens with zero attached hydrogens (tertiary/aromatic N) is 1. The van der Waals surface area contributed by atoms with Crippen LogP contribution in [0, 0.1) is 5.41 Å². The van der Waals surface area contributed by atoms with Crippen LogP contribution in [0.25, 0.3) is 0 Å². The molecule has 1 atom stereocenters. The molecule has 1 fully saturated rings. The smallest absolute Gasteiger partial charge is 0.311 e. The standard InChI is InChI=1S/C15H17Cl2NO3S/c1-15(14(20)21)4-5-18(9-15)13(19)8-22-7-10-2-3-11(16)6-12(10)17/h2-3,6H,4-5,7-9H2,1H3,(H,20,21). The summed E-state index contributed by atoms with van der Waals surface area (Å²) >= 11 is 13.4. The molecule has 4 nitrogen and oxygen atoms in total. The lowest BCUT2D eigenvalue weighted by atomic mass is 9.90. The lowest BCUT2D eigenvalue weighted by molar-refractivity contribution is -0.147. The third-order valence-electron chi connectivity index (χ3n) is 3.84. The number of rotatable bonds is 5. The van der Waals surface area contributed by atoms with E-state index >= 15 is 0 Å². The number of benzene rings is 1. The fourth-order valence-electron chi connectivity index (χ4n) is 2.33. The molecule has 1 unspecified atom stereocenters. The number of carbonyl (C=O) groups is 2. The Kier molecular flexibility index (Phi) is 5.64. The molecule has 2 rings (SSSR count). The van der Waals surface area contributed by atoms with Crippen LogP contribution in [0.1, 0.15) is 18.9 Å². The summed E-state index contributed by atoms with van der Waals surface area (Å²) in [5.41, 5.74) is 0.112. The van der Waals surface area contributed by atoms with Gasteiger partial charge in [-0.05, 0) is 31.0 Å². The van der Waals surface area contributed by atoms with Gasteiger partial charge in [0.05, 0.1) is 11.2 Å². The van der Waals surface area contributed by atoms with Gasteiger partial charge in [0.25, 0.3) is 0 Å². The number of amides is 1. The molecular weight excluding hydrogens is 345 g/mol. The van der Waals surface area contributed by atoms with Crippen LogP contribution in [0.15, 0.2) is 18.2 Å². The first-order valence-electron chi connectivity index (χ1n) is 6.85. The van der Waals surface area contributed by atoms with Gasteiger partial charge in [-0.15, -0.1) is 11.8 Å². The Morgan fingerprint density at radius 2 is 2.14 bits per heavy atom. The second-order valence-corrected chi connectivity index (χ2v) is 7.49. The van der Waals surface area contributed by atoms with Gasteiger partial charge in [0.2, 0.25) is 5.91 Å². The Labute approximate surface area is 143 Å². The van der Waals surface area contributed by atoms with E-state index in [4.69, 9.17) is 23.2 Å². The third kappa shape index (κ3) is 4.09. The summed E-state index contributed by atoms with van der Waals surface area (Å²) in [5.74, 6) is 0.0592. The maximum absolute atomic E-state index is 12.1. The second-order valence-electron chi connectivity index (χ2n) is 5.66. The topological polar surface area (TPSA) is 57.6 Å². The zero-order valence-electron chi connectivity index (χ0n) is 12.1. The van der Waals surface area contributed by atoms with Gasteiger partial charge in [0.1, 0.15) is 0 Å². The average molecular weight is 362 g/mol. The molecule has 1 aromatic carbocycles. The maximum atomic E-state index is 12.1. The first-order chi connectivity index (χ1) is 10.3. The number of carboxylic acid groups (broad SMARTS) is 1. The van der Waals surface area contributed by atoms with E-state index in [0.717, 1.165) is 5.56 Å². The molecule has 0 aromatic heterocycles. The number of hydrogen-bond donors (Lipinski definition) is 1. The minimum absolute atomic E-state index is 0.0277. The number of hydrogen-bond acceptors (Lipinski definition) is 3. The van der Waals surface area contributed by atoms with E-state index in [2.05, 4.69) is 0 Å². The van der Waals surface area contributed by atoms with Crippen molar-refractivity contribution >= 4 is 46.8 Å². The van der Waals surface area contributed by atoms with Crippen molar-refractivity contribution in [3.05, 3.63) is 33.8 Å². The van der Waals surface area contributed by atoms with Crippen LogP contribution in [0.3, 0.4) is 0 Å². The van der Waals surface area contributed by atoms with E-state index < -0.39 is 11.4 Å². The van der Waals surface area contributed by atoms with Crippen molar-refractivity contribution in [2.75, 3.05) is 18.8 Å². The van der Waals surface area contributed by atoms with Crippen molar-refractivity contribution in [3.63, 3.8) is 0 Å². The van der Waals surface area contributed by atoms with Crippen molar-refractivity contribution in [3.8, 4) is 0 Å². The summed E-state index contributed by atoms with van der Waals surface area (Å²) in [5, 5.41) is 10.4. The van der Waals surface area contributed by atoms with E-state index in [1.54, 1.807) is 24.0 Å².